The highest BCUT2D eigenvalue weighted by molar-refractivity contribution is 14.0. The summed E-state index contributed by atoms with van der Waals surface area (Å²) >= 11 is 0.956. The third-order valence-corrected chi connectivity index (χ3v) is 5.27. The molecule has 1 aliphatic rings. The Morgan fingerprint density at radius 1 is 1.33 bits per heavy atom. The van der Waals surface area contributed by atoms with Crippen molar-refractivity contribution in [2.24, 2.45) is 10.7 Å². The molecule has 0 aromatic carbocycles. The predicted octanol–water partition coefficient (Wildman–Crippen LogP) is 1.74. The molecule has 1 aromatic heterocycles. The highest BCUT2D eigenvalue weighted by Crippen LogP contribution is 2.29. The summed E-state index contributed by atoms with van der Waals surface area (Å²) in [6.45, 7) is 6.26. The van der Waals surface area contributed by atoms with Crippen LogP contribution in [0.25, 0.3) is 0 Å². The fraction of sp³-hybridized carbons (Fsp3) is 0.667. The lowest BCUT2D eigenvalue weighted by atomic mass is 10.0. The van der Waals surface area contributed by atoms with E-state index in [-0.39, 0.29) is 36.4 Å². The SMILES string of the molecule is CN=C(NCc1nc(C(F)(F)F)cs1)N1CCN(C(C)(C)C(N)=O)CC1.I. The smallest absolute Gasteiger partial charge is 0.368 e. The van der Waals surface area contributed by atoms with Gasteiger partial charge in [-0.1, -0.05) is 0 Å². The van der Waals surface area contributed by atoms with Crippen LogP contribution in [0.5, 0.6) is 0 Å². The molecule has 0 aliphatic carbocycles. The van der Waals surface area contributed by atoms with E-state index in [9.17, 15) is 18.0 Å². The van der Waals surface area contributed by atoms with Crippen molar-refractivity contribution in [3.05, 3.63) is 16.1 Å². The molecule has 154 valence electrons. The van der Waals surface area contributed by atoms with Crippen molar-refractivity contribution >= 4 is 47.2 Å². The summed E-state index contributed by atoms with van der Waals surface area (Å²) in [6.07, 6.45) is -4.43. The molecular formula is C15H24F3IN6OS. The molecule has 0 bridgehead atoms. The third-order valence-electron chi connectivity index (χ3n) is 4.42. The number of piperazine rings is 1. The van der Waals surface area contributed by atoms with Gasteiger partial charge in [0.05, 0.1) is 12.1 Å². The molecule has 2 rings (SSSR count). The van der Waals surface area contributed by atoms with Crippen molar-refractivity contribution in [2.45, 2.75) is 32.1 Å². The summed E-state index contributed by atoms with van der Waals surface area (Å²) in [4.78, 5) is 23.3. The van der Waals surface area contributed by atoms with Gasteiger partial charge in [0.15, 0.2) is 11.7 Å². The van der Waals surface area contributed by atoms with Gasteiger partial charge in [-0.25, -0.2) is 4.98 Å². The number of primary amides is 1. The Morgan fingerprint density at radius 3 is 2.37 bits per heavy atom. The summed E-state index contributed by atoms with van der Waals surface area (Å²) in [7, 11) is 1.62. The lowest BCUT2D eigenvalue weighted by Gasteiger charge is -2.43. The van der Waals surface area contributed by atoms with Crippen molar-refractivity contribution in [1.29, 1.82) is 0 Å². The topological polar surface area (TPSA) is 86.8 Å². The van der Waals surface area contributed by atoms with Gasteiger partial charge >= 0.3 is 6.18 Å². The zero-order valence-corrected chi connectivity index (χ0v) is 18.5. The number of aromatic nitrogens is 1. The van der Waals surface area contributed by atoms with Crippen LogP contribution >= 0.6 is 35.3 Å². The molecule has 7 nitrogen and oxygen atoms in total. The van der Waals surface area contributed by atoms with Crippen LogP contribution in [0.1, 0.15) is 24.5 Å². The number of thiazole rings is 1. The first-order chi connectivity index (χ1) is 12.1. The minimum absolute atomic E-state index is 0. The Hall–Kier alpha value is -1.15. The highest BCUT2D eigenvalue weighted by atomic mass is 127. The summed E-state index contributed by atoms with van der Waals surface area (Å²) < 4.78 is 37.8. The molecule has 1 aromatic rings. The third kappa shape index (κ3) is 5.91. The van der Waals surface area contributed by atoms with Gasteiger partial charge in [-0.15, -0.1) is 35.3 Å². The average molecular weight is 520 g/mol. The van der Waals surface area contributed by atoms with Crippen LogP contribution in [0.2, 0.25) is 0 Å². The second-order valence-corrected chi connectivity index (χ2v) is 7.37. The van der Waals surface area contributed by atoms with Gasteiger partial charge in [0.25, 0.3) is 0 Å². The van der Waals surface area contributed by atoms with Crippen LogP contribution in [0.15, 0.2) is 10.4 Å². The quantitative estimate of drug-likeness (QED) is 0.359. The van der Waals surface area contributed by atoms with Crippen molar-refractivity contribution in [3.8, 4) is 0 Å². The number of nitrogens with zero attached hydrogens (tertiary/aromatic N) is 4. The summed E-state index contributed by atoms with van der Waals surface area (Å²) in [5.74, 6) is 0.211. The molecule has 1 aliphatic heterocycles. The van der Waals surface area contributed by atoms with Crippen molar-refractivity contribution in [1.82, 2.24) is 20.1 Å². The second-order valence-electron chi connectivity index (χ2n) is 6.42. The number of carbonyl (C=O) groups excluding carboxylic acids is 1. The number of alkyl halides is 3. The molecule has 0 radical (unpaired) electrons. The van der Waals surface area contributed by atoms with Gasteiger partial charge in [-0.2, -0.15) is 13.2 Å². The Bertz CT molecular complexity index is 671. The van der Waals surface area contributed by atoms with Gasteiger partial charge in [-0.05, 0) is 13.8 Å². The maximum atomic E-state index is 12.6. The highest BCUT2D eigenvalue weighted by Gasteiger charge is 2.35. The second kappa shape index (κ2) is 9.37. The van der Waals surface area contributed by atoms with E-state index in [1.807, 2.05) is 9.80 Å². The number of hydrogen-bond donors (Lipinski definition) is 2. The fourth-order valence-corrected chi connectivity index (χ4v) is 3.38. The largest absolute Gasteiger partial charge is 0.434 e. The Labute approximate surface area is 177 Å². The van der Waals surface area contributed by atoms with E-state index in [4.69, 9.17) is 5.73 Å². The van der Waals surface area contributed by atoms with E-state index >= 15 is 0 Å². The lowest BCUT2D eigenvalue weighted by Crippen LogP contribution is -2.61. The van der Waals surface area contributed by atoms with Crippen molar-refractivity contribution in [2.75, 3.05) is 33.2 Å². The number of carbonyl (C=O) groups is 1. The van der Waals surface area contributed by atoms with Crippen LogP contribution in [-0.4, -0.2) is 65.4 Å². The van der Waals surface area contributed by atoms with Crippen LogP contribution in [0, 0.1) is 0 Å². The molecule has 1 saturated heterocycles. The molecule has 3 N–H and O–H groups in total. The maximum absolute atomic E-state index is 12.6. The fourth-order valence-electron chi connectivity index (χ4n) is 2.64. The first kappa shape index (κ1) is 23.9. The molecule has 0 unspecified atom stereocenters. The van der Waals surface area contributed by atoms with E-state index in [1.54, 1.807) is 20.9 Å². The number of rotatable bonds is 4. The lowest BCUT2D eigenvalue weighted by molar-refractivity contribution is -0.140. The number of aliphatic imine (C=N–C) groups is 1. The van der Waals surface area contributed by atoms with E-state index in [1.165, 1.54) is 0 Å². The Morgan fingerprint density at radius 2 is 1.93 bits per heavy atom. The average Bonchev–Trinajstić information content (AvgIpc) is 3.05. The number of guanidine groups is 1. The standard InChI is InChI=1S/C15H23F3N6OS.HI/c1-14(2,12(19)25)24-6-4-23(5-7-24)13(20-3)21-8-11-22-10(9-26-11)15(16,17)18;/h9H,4-8H2,1-3H3,(H2,19,25)(H,20,21);1H. The van der Waals surface area contributed by atoms with E-state index in [0.29, 0.717) is 37.1 Å². The molecule has 1 fully saturated rings. The van der Waals surface area contributed by atoms with Crippen LogP contribution in [0.3, 0.4) is 0 Å². The van der Waals surface area contributed by atoms with Gasteiger partial charge in [0.2, 0.25) is 5.91 Å². The van der Waals surface area contributed by atoms with Crippen LogP contribution < -0.4 is 11.1 Å². The number of nitrogens with one attached hydrogen (secondary N) is 1. The summed E-state index contributed by atoms with van der Waals surface area (Å²) in [5, 5.41) is 4.39. The summed E-state index contributed by atoms with van der Waals surface area (Å²) in [5.41, 5.74) is 3.85. The van der Waals surface area contributed by atoms with Gasteiger partial charge in [0.1, 0.15) is 5.01 Å². The molecule has 2 heterocycles. The molecular weight excluding hydrogens is 496 g/mol. The normalized spacial score (nSPS) is 16.8. The Kier molecular flexibility index (Phi) is 8.29. The number of hydrogen-bond acceptors (Lipinski definition) is 5. The number of amides is 1. The van der Waals surface area contributed by atoms with Gasteiger partial charge < -0.3 is 16.0 Å². The van der Waals surface area contributed by atoms with E-state index in [2.05, 4.69) is 15.3 Å². The molecule has 12 heteroatoms. The van der Waals surface area contributed by atoms with Crippen molar-refractivity contribution < 1.29 is 18.0 Å². The monoisotopic (exact) mass is 520 g/mol. The van der Waals surface area contributed by atoms with Gasteiger partial charge in [0, 0.05) is 38.6 Å². The molecule has 0 spiro atoms. The van der Waals surface area contributed by atoms with E-state index < -0.39 is 17.4 Å². The minimum Gasteiger partial charge on any atom is -0.368 e. The maximum Gasteiger partial charge on any atom is 0.434 e. The predicted molar refractivity (Wildman–Crippen MR) is 109 cm³/mol. The van der Waals surface area contributed by atoms with E-state index in [0.717, 1.165) is 16.7 Å². The van der Waals surface area contributed by atoms with Crippen LogP contribution in [0.4, 0.5) is 13.2 Å². The van der Waals surface area contributed by atoms with Crippen molar-refractivity contribution in [3.63, 3.8) is 0 Å². The zero-order valence-electron chi connectivity index (χ0n) is 15.3. The van der Waals surface area contributed by atoms with Gasteiger partial charge in [-0.3, -0.25) is 14.7 Å². The first-order valence-electron chi connectivity index (χ1n) is 8.08. The summed E-state index contributed by atoms with van der Waals surface area (Å²) in [6, 6.07) is 0. The first-order valence-corrected chi connectivity index (χ1v) is 8.96. The Balaban J connectivity index is 0.00000364. The molecule has 0 atom stereocenters. The molecule has 27 heavy (non-hydrogen) atoms. The zero-order chi connectivity index (χ0) is 19.5. The molecule has 0 saturated carbocycles. The number of nitrogens with two attached hydrogens (primary N) is 1. The molecule has 1 amide bonds. The van der Waals surface area contributed by atoms with Crippen LogP contribution in [-0.2, 0) is 17.5 Å². The number of halogens is 4. The minimum atomic E-state index is -4.43.